The fourth-order valence-corrected chi connectivity index (χ4v) is 2.20. The quantitative estimate of drug-likeness (QED) is 0.753. The Balaban J connectivity index is 2.73. The molecule has 0 fully saturated rings. The second kappa shape index (κ2) is 7.08. The Bertz CT molecular complexity index is 859. The smallest absolute Gasteiger partial charge is 0.420 e. The van der Waals surface area contributed by atoms with Crippen molar-refractivity contribution in [3.63, 3.8) is 0 Å². The zero-order valence-corrected chi connectivity index (χ0v) is 13.0. The molecule has 2 N–H and O–H groups in total. The number of nitrogens with zero attached hydrogens (tertiary/aromatic N) is 2. The molecule has 2 aromatic rings. The number of carboxylic acid groups (broad SMARTS) is 1. The first-order chi connectivity index (χ1) is 11.9. The van der Waals surface area contributed by atoms with Gasteiger partial charge in [0.15, 0.2) is 17.6 Å². The van der Waals surface area contributed by atoms with Crippen molar-refractivity contribution in [2.75, 3.05) is 0 Å². The van der Waals surface area contributed by atoms with E-state index in [1.165, 1.54) is 0 Å². The zero-order chi connectivity index (χ0) is 19.8. The van der Waals surface area contributed by atoms with Gasteiger partial charge in [-0.1, -0.05) is 17.7 Å². The first-order valence-electron chi connectivity index (χ1n) is 6.56. The second-order valence-corrected chi connectivity index (χ2v) is 5.27. The largest absolute Gasteiger partial charge is 0.476 e. The summed E-state index contributed by atoms with van der Waals surface area (Å²) in [5.41, 5.74) is -5.34. The number of aromatic carboxylic acids is 1. The SMILES string of the molecule is O=C(O)c1nc(-c2c(C(F)F)ccc(Cl)c2F)cnc1C(O)C(F)(F)F. The Morgan fingerprint density at radius 3 is 2.35 bits per heavy atom. The first kappa shape index (κ1) is 19.9. The van der Waals surface area contributed by atoms with Crippen molar-refractivity contribution >= 4 is 17.6 Å². The molecule has 0 aliphatic rings. The van der Waals surface area contributed by atoms with Crippen molar-refractivity contribution in [2.24, 2.45) is 0 Å². The van der Waals surface area contributed by atoms with E-state index in [2.05, 4.69) is 9.97 Å². The number of aliphatic hydroxyl groups is 1. The van der Waals surface area contributed by atoms with E-state index in [4.69, 9.17) is 16.7 Å². The molecule has 1 heterocycles. The summed E-state index contributed by atoms with van der Waals surface area (Å²) in [6.45, 7) is 0. The molecular weight excluding hydrogens is 394 g/mol. The predicted molar refractivity (Wildman–Crippen MR) is 75.4 cm³/mol. The summed E-state index contributed by atoms with van der Waals surface area (Å²) in [5.74, 6) is -3.40. The summed E-state index contributed by atoms with van der Waals surface area (Å²) in [4.78, 5) is 17.6. The van der Waals surface area contributed by atoms with Gasteiger partial charge in [-0.25, -0.2) is 22.9 Å². The Labute approximate surface area is 145 Å². The van der Waals surface area contributed by atoms with Crippen LogP contribution < -0.4 is 0 Å². The number of aliphatic hydroxyl groups excluding tert-OH is 1. The summed E-state index contributed by atoms with van der Waals surface area (Å²) in [5, 5.41) is 17.6. The summed E-state index contributed by atoms with van der Waals surface area (Å²) in [7, 11) is 0. The molecular formula is C14H7ClF6N2O3. The topological polar surface area (TPSA) is 83.3 Å². The number of halogens is 7. The standard InChI is InChI=1S/C14H7ClF6N2O3/c15-5-2-1-4(12(17)18)7(8(5)16)6-3-22-9(10(23-6)13(25)26)11(24)14(19,20)21/h1-3,11-12,24H,(H,25,26). The number of hydrogen-bond acceptors (Lipinski definition) is 4. The second-order valence-electron chi connectivity index (χ2n) is 4.86. The maximum atomic E-state index is 14.2. The van der Waals surface area contributed by atoms with Gasteiger partial charge in [0.1, 0.15) is 5.69 Å². The van der Waals surface area contributed by atoms with E-state index in [0.29, 0.717) is 6.20 Å². The molecule has 1 unspecified atom stereocenters. The number of benzene rings is 1. The Morgan fingerprint density at radius 2 is 1.85 bits per heavy atom. The molecule has 0 aliphatic carbocycles. The lowest BCUT2D eigenvalue weighted by atomic mass is 10.0. The zero-order valence-electron chi connectivity index (χ0n) is 12.2. The van der Waals surface area contributed by atoms with Crippen LogP contribution in [-0.4, -0.2) is 32.3 Å². The molecule has 0 saturated heterocycles. The number of carboxylic acids is 1. The lowest BCUT2D eigenvalue weighted by Gasteiger charge is -2.17. The number of aromatic nitrogens is 2. The first-order valence-corrected chi connectivity index (χ1v) is 6.94. The summed E-state index contributed by atoms with van der Waals surface area (Å²) in [6.07, 6.45) is -11.3. The minimum absolute atomic E-state index is 0.442. The van der Waals surface area contributed by atoms with Crippen molar-refractivity contribution in [2.45, 2.75) is 18.7 Å². The van der Waals surface area contributed by atoms with Crippen LogP contribution >= 0.6 is 11.6 Å². The Kier molecular flexibility index (Phi) is 5.42. The van der Waals surface area contributed by atoms with E-state index >= 15 is 0 Å². The highest BCUT2D eigenvalue weighted by molar-refractivity contribution is 6.31. The minimum Gasteiger partial charge on any atom is -0.476 e. The van der Waals surface area contributed by atoms with E-state index in [9.17, 15) is 36.2 Å². The molecule has 1 atom stereocenters. The van der Waals surface area contributed by atoms with Crippen molar-refractivity contribution in [3.05, 3.63) is 46.1 Å². The number of alkyl halides is 5. The number of hydrogen-bond donors (Lipinski definition) is 2. The van der Waals surface area contributed by atoms with E-state index in [0.717, 1.165) is 12.1 Å². The van der Waals surface area contributed by atoms with Gasteiger partial charge in [0.05, 0.1) is 16.9 Å². The van der Waals surface area contributed by atoms with Gasteiger partial charge in [0, 0.05) is 11.1 Å². The highest BCUT2D eigenvalue weighted by Crippen LogP contribution is 2.37. The van der Waals surface area contributed by atoms with Gasteiger partial charge in [-0.3, -0.25) is 4.98 Å². The van der Waals surface area contributed by atoms with Crippen LogP contribution in [0.25, 0.3) is 11.3 Å². The Morgan fingerprint density at radius 1 is 1.23 bits per heavy atom. The third-order valence-corrected chi connectivity index (χ3v) is 3.48. The predicted octanol–water partition coefficient (Wildman–Crippen LogP) is 4.17. The van der Waals surface area contributed by atoms with Gasteiger partial charge >= 0.3 is 12.1 Å². The van der Waals surface area contributed by atoms with Gasteiger partial charge in [-0.15, -0.1) is 0 Å². The molecule has 0 amide bonds. The van der Waals surface area contributed by atoms with Crippen LogP contribution in [0.15, 0.2) is 18.3 Å². The van der Waals surface area contributed by atoms with Crippen LogP contribution in [0.4, 0.5) is 26.3 Å². The molecule has 0 bridgehead atoms. The van der Waals surface area contributed by atoms with Crippen LogP contribution in [0.2, 0.25) is 5.02 Å². The number of rotatable bonds is 4. The van der Waals surface area contributed by atoms with E-state index in [-0.39, 0.29) is 0 Å². The van der Waals surface area contributed by atoms with Crippen LogP contribution in [0.5, 0.6) is 0 Å². The lowest BCUT2D eigenvalue weighted by molar-refractivity contribution is -0.208. The molecule has 2 rings (SSSR count). The van der Waals surface area contributed by atoms with Crippen molar-refractivity contribution < 1.29 is 41.4 Å². The molecule has 12 heteroatoms. The van der Waals surface area contributed by atoms with Crippen LogP contribution in [0, 0.1) is 5.82 Å². The van der Waals surface area contributed by atoms with Gasteiger partial charge in [0.25, 0.3) is 6.43 Å². The fraction of sp³-hybridized carbons (Fsp3) is 0.214. The van der Waals surface area contributed by atoms with Gasteiger partial charge in [-0.05, 0) is 6.07 Å². The normalized spacial score (nSPS) is 13.1. The van der Waals surface area contributed by atoms with Crippen molar-refractivity contribution in [1.82, 2.24) is 9.97 Å². The third-order valence-electron chi connectivity index (χ3n) is 3.19. The lowest BCUT2D eigenvalue weighted by Crippen LogP contribution is -2.24. The maximum Gasteiger partial charge on any atom is 0.420 e. The van der Waals surface area contributed by atoms with E-state index < -0.39 is 63.7 Å². The van der Waals surface area contributed by atoms with Crippen molar-refractivity contribution in [3.8, 4) is 11.3 Å². The summed E-state index contributed by atoms with van der Waals surface area (Å²) < 4.78 is 78.2. The molecule has 140 valence electrons. The molecule has 0 radical (unpaired) electrons. The van der Waals surface area contributed by atoms with Crippen LogP contribution in [0.3, 0.4) is 0 Å². The van der Waals surface area contributed by atoms with Crippen molar-refractivity contribution in [1.29, 1.82) is 0 Å². The average Bonchev–Trinajstić information content (AvgIpc) is 2.54. The van der Waals surface area contributed by atoms with Gasteiger partial charge in [0.2, 0.25) is 0 Å². The molecule has 5 nitrogen and oxygen atoms in total. The molecule has 0 spiro atoms. The highest BCUT2D eigenvalue weighted by Gasteiger charge is 2.43. The monoisotopic (exact) mass is 400 g/mol. The van der Waals surface area contributed by atoms with Gasteiger partial charge in [-0.2, -0.15) is 13.2 Å². The van der Waals surface area contributed by atoms with Crippen LogP contribution in [0.1, 0.15) is 34.3 Å². The maximum absolute atomic E-state index is 14.2. The van der Waals surface area contributed by atoms with Crippen LogP contribution in [-0.2, 0) is 0 Å². The fourth-order valence-electron chi connectivity index (χ4n) is 2.04. The summed E-state index contributed by atoms with van der Waals surface area (Å²) >= 11 is 5.51. The number of carbonyl (C=O) groups is 1. The summed E-state index contributed by atoms with van der Waals surface area (Å²) in [6, 6.07) is 1.58. The Hall–Kier alpha value is -2.40. The van der Waals surface area contributed by atoms with E-state index in [1.807, 2.05) is 0 Å². The highest BCUT2D eigenvalue weighted by atomic mass is 35.5. The minimum atomic E-state index is -5.25. The van der Waals surface area contributed by atoms with E-state index in [1.54, 1.807) is 0 Å². The van der Waals surface area contributed by atoms with Gasteiger partial charge < -0.3 is 10.2 Å². The molecule has 1 aromatic carbocycles. The molecule has 0 saturated carbocycles. The molecule has 26 heavy (non-hydrogen) atoms. The average molecular weight is 401 g/mol. The third kappa shape index (κ3) is 3.73. The molecule has 1 aromatic heterocycles. The molecule has 0 aliphatic heterocycles.